The maximum absolute atomic E-state index is 12.5. The zero-order valence-corrected chi connectivity index (χ0v) is 15.0. The van der Waals surface area contributed by atoms with Crippen molar-refractivity contribution in [1.82, 2.24) is 4.90 Å². The first-order valence-electron chi connectivity index (χ1n) is 7.29. The highest BCUT2D eigenvalue weighted by Crippen LogP contribution is 2.39. The quantitative estimate of drug-likeness (QED) is 0.827. The molecule has 0 amide bonds. The lowest BCUT2D eigenvalue weighted by molar-refractivity contribution is -0.132. The van der Waals surface area contributed by atoms with Gasteiger partial charge < -0.3 is 9.64 Å². The summed E-state index contributed by atoms with van der Waals surface area (Å²) in [6, 6.07) is 8.28. The van der Waals surface area contributed by atoms with Crippen molar-refractivity contribution in [1.29, 1.82) is 0 Å². The Bertz CT molecular complexity index is 522. The minimum absolute atomic E-state index is 0.0899. The summed E-state index contributed by atoms with van der Waals surface area (Å²) in [5.41, 5.74) is 0.158. The van der Waals surface area contributed by atoms with E-state index in [2.05, 4.69) is 40.0 Å². The predicted octanol–water partition coefficient (Wildman–Crippen LogP) is 3.65. The number of nitrogens with zero attached hydrogens (tertiary/aromatic N) is 1. The molecular formula is C17H24BrNO2. The molecule has 0 saturated carbocycles. The number of Topliss-reactive ketones (excluding diaryl/α,β-unsaturated/α-hetero) is 1. The lowest BCUT2D eigenvalue weighted by atomic mass is 9.85. The van der Waals surface area contributed by atoms with Gasteiger partial charge in [-0.2, -0.15) is 0 Å². The topological polar surface area (TPSA) is 29.5 Å². The number of halogens is 1. The number of hydrogen-bond acceptors (Lipinski definition) is 3. The molecule has 1 aliphatic rings. The summed E-state index contributed by atoms with van der Waals surface area (Å²) in [4.78, 5) is 14.7. The summed E-state index contributed by atoms with van der Waals surface area (Å²) in [5, 5.41) is 0. The standard InChI is InChI=1S/C17H24BrNO2/c1-16(2)14(15(20)17(3,4)21-16)11-19(5)10-12-6-8-13(18)9-7-12/h6-9,14H,10-11H2,1-5H3. The van der Waals surface area contributed by atoms with Gasteiger partial charge in [-0.3, -0.25) is 4.79 Å². The molecule has 0 aliphatic carbocycles. The molecule has 1 fully saturated rings. The molecule has 0 radical (unpaired) electrons. The fourth-order valence-corrected chi connectivity index (χ4v) is 3.36. The number of ketones is 1. The van der Waals surface area contributed by atoms with Crippen LogP contribution in [0.1, 0.15) is 33.3 Å². The Morgan fingerprint density at radius 2 is 1.76 bits per heavy atom. The lowest BCUT2D eigenvalue weighted by Crippen LogP contribution is -2.39. The monoisotopic (exact) mass is 353 g/mol. The van der Waals surface area contributed by atoms with Crippen LogP contribution in [-0.2, 0) is 16.1 Å². The number of carbonyl (C=O) groups is 1. The van der Waals surface area contributed by atoms with E-state index in [9.17, 15) is 4.79 Å². The van der Waals surface area contributed by atoms with Crippen LogP contribution in [-0.4, -0.2) is 35.5 Å². The van der Waals surface area contributed by atoms with Gasteiger partial charge >= 0.3 is 0 Å². The molecule has 0 N–H and O–H groups in total. The minimum Gasteiger partial charge on any atom is -0.361 e. The third kappa shape index (κ3) is 3.74. The average molecular weight is 354 g/mol. The van der Waals surface area contributed by atoms with Gasteiger partial charge in [-0.15, -0.1) is 0 Å². The molecule has 21 heavy (non-hydrogen) atoms. The van der Waals surface area contributed by atoms with Crippen molar-refractivity contribution in [3.63, 3.8) is 0 Å². The van der Waals surface area contributed by atoms with Crippen LogP contribution in [0, 0.1) is 5.92 Å². The van der Waals surface area contributed by atoms with Crippen molar-refractivity contribution >= 4 is 21.7 Å². The third-order valence-corrected chi connectivity index (χ3v) is 4.66. The molecule has 0 spiro atoms. The summed E-state index contributed by atoms with van der Waals surface area (Å²) in [7, 11) is 2.05. The van der Waals surface area contributed by atoms with Crippen LogP contribution in [0.4, 0.5) is 0 Å². The number of rotatable bonds is 4. The Hall–Kier alpha value is -0.710. The van der Waals surface area contributed by atoms with E-state index >= 15 is 0 Å². The maximum atomic E-state index is 12.5. The van der Waals surface area contributed by atoms with Crippen molar-refractivity contribution in [2.24, 2.45) is 5.92 Å². The number of carbonyl (C=O) groups excluding carboxylic acids is 1. The second kappa shape index (κ2) is 5.82. The molecule has 0 aromatic heterocycles. The Morgan fingerprint density at radius 3 is 2.24 bits per heavy atom. The van der Waals surface area contributed by atoms with E-state index in [0.717, 1.165) is 11.0 Å². The van der Waals surface area contributed by atoms with Crippen molar-refractivity contribution in [3.05, 3.63) is 34.3 Å². The van der Waals surface area contributed by atoms with Crippen LogP contribution in [0.5, 0.6) is 0 Å². The molecule has 1 aromatic rings. The lowest BCUT2D eigenvalue weighted by Gasteiger charge is -2.28. The summed E-state index contributed by atoms with van der Waals surface area (Å²) in [6.07, 6.45) is 0. The molecule has 116 valence electrons. The highest BCUT2D eigenvalue weighted by molar-refractivity contribution is 9.10. The largest absolute Gasteiger partial charge is 0.361 e. The van der Waals surface area contributed by atoms with Gasteiger partial charge in [0.1, 0.15) is 5.60 Å². The van der Waals surface area contributed by atoms with Crippen molar-refractivity contribution in [3.8, 4) is 0 Å². The molecule has 4 heteroatoms. The van der Waals surface area contributed by atoms with E-state index < -0.39 is 11.2 Å². The molecule has 1 atom stereocenters. The van der Waals surface area contributed by atoms with Crippen LogP contribution in [0.15, 0.2) is 28.7 Å². The first-order valence-corrected chi connectivity index (χ1v) is 8.08. The summed E-state index contributed by atoms with van der Waals surface area (Å²) in [6.45, 7) is 9.30. The average Bonchev–Trinajstić information content (AvgIpc) is 2.50. The Labute approximate surface area is 135 Å². The van der Waals surface area contributed by atoms with E-state index in [0.29, 0.717) is 6.54 Å². The Morgan fingerprint density at radius 1 is 1.19 bits per heavy atom. The summed E-state index contributed by atoms with van der Waals surface area (Å²) < 4.78 is 7.03. The molecule has 3 nitrogen and oxygen atoms in total. The SMILES string of the molecule is CN(Cc1ccc(Br)cc1)CC1C(=O)C(C)(C)OC1(C)C. The normalized spacial score (nSPS) is 23.8. The first-order chi connectivity index (χ1) is 9.62. The van der Waals surface area contributed by atoms with Gasteiger partial charge in [-0.25, -0.2) is 0 Å². The second-order valence-corrected chi connectivity index (χ2v) is 7.87. The second-order valence-electron chi connectivity index (χ2n) is 6.96. The van der Waals surface area contributed by atoms with Gasteiger partial charge in [0.25, 0.3) is 0 Å². The highest BCUT2D eigenvalue weighted by Gasteiger charge is 2.53. The molecule has 1 saturated heterocycles. The van der Waals surface area contributed by atoms with E-state index in [4.69, 9.17) is 4.74 Å². The molecule has 2 rings (SSSR count). The molecular weight excluding hydrogens is 330 g/mol. The number of ether oxygens (including phenoxy) is 1. The Kier molecular flexibility index (Phi) is 4.62. The number of benzene rings is 1. The van der Waals surface area contributed by atoms with Gasteiger partial charge in [0.15, 0.2) is 5.78 Å². The van der Waals surface area contributed by atoms with Crippen LogP contribution in [0.3, 0.4) is 0 Å². The fourth-order valence-electron chi connectivity index (χ4n) is 3.09. The van der Waals surface area contributed by atoms with E-state index in [-0.39, 0.29) is 11.7 Å². The molecule has 1 aliphatic heterocycles. The van der Waals surface area contributed by atoms with E-state index in [1.54, 1.807) is 0 Å². The van der Waals surface area contributed by atoms with Crippen LogP contribution in [0.2, 0.25) is 0 Å². The molecule has 0 bridgehead atoms. The zero-order valence-electron chi connectivity index (χ0n) is 13.4. The van der Waals surface area contributed by atoms with Gasteiger partial charge in [-0.05, 0) is 52.4 Å². The van der Waals surface area contributed by atoms with Gasteiger partial charge in [0, 0.05) is 17.6 Å². The first kappa shape index (κ1) is 16.7. The van der Waals surface area contributed by atoms with Crippen LogP contribution in [0.25, 0.3) is 0 Å². The van der Waals surface area contributed by atoms with Gasteiger partial charge in [0.2, 0.25) is 0 Å². The van der Waals surface area contributed by atoms with Crippen molar-refractivity contribution < 1.29 is 9.53 Å². The van der Waals surface area contributed by atoms with E-state index in [1.807, 2.05) is 39.8 Å². The predicted molar refractivity (Wildman–Crippen MR) is 88.2 cm³/mol. The van der Waals surface area contributed by atoms with Crippen molar-refractivity contribution in [2.45, 2.75) is 45.4 Å². The zero-order chi connectivity index (χ0) is 15.8. The number of hydrogen-bond donors (Lipinski definition) is 0. The van der Waals surface area contributed by atoms with Crippen LogP contribution < -0.4 is 0 Å². The van der Waals surface area contributed by atoms with E-state index in [1.165, 1.54) is 5.56 Å². The van der Waals surface area contributed by atoms with Crippen LogP contribution >= 0.6 is 15.9 Å². The molecule has 1 unspecified atom stereocenters. The van der Waals surface area contributed by atoms with Crippen molar-refractivity contribution in [2.75, 3.05) is 13.6 Å². The minimum atomic E-state index is -0.674. The maximum Gasteiger partial charge on any atom is 0.171 e. The fraction of sp³-hybridized carbons (Fsp3) is 0.588. The van der Waals surface area contributed by atoms with Gasteiger partial charge in [-0.1, -0.05) is 28.1 Å². The third-order valence-electron chi connectivity index (χ3n) is 4.13. The van der Waals surface area contributed by atoms with Gasteiger partial charge in [0.05, 0.1) is 11.5 Å². The summed E-state index contributed by atoms with van der Waals surface area (Å²) >= 11 is 3.44. The Balaban J connectivity index is 2.03. The smallest absolute Gasteiger partial charge is 0.171 e. The molecule has 1 heterocycles. The summed E-state index contributed by atoms with van der Waals surface area (Å²) in [5.74, 6) is 0.114. The molecule has 1 aromatic carbocycles. The highest BCUT2D eigenvalue weighted by atomic mass is 79.9.